The van der Waals surface area contributed by atoms with Gasteiger partial charge in [0.15, 0.2) is 0 Å². The molecule has 2 aromatic heterocycles. The number of H-pyrrole nitrogens is 1. The Balaban J connectivity index is 1.66. The fraction of sp³-hybridized carbons (Fsp3) is 0.263. The van der Waals surface area contributed by atoms with Crippen LogP contribution >= 0.6 is 0 Å². The normalized spacial score (nSPS) is 17.2. The average molecular weight is 365 g/mol. The summed E-state index contributed by atoms with van der Waals surface area (Å²) >= 11 is 0. The molecule has 2 N–H and O–H groups in total. The number of pyridine rings is 1. The van der Waals surface area contributed by atoms with Gasteiger partial charge in [-0.3, -0.25) is 19.1 Å². The Hall–Kier alpha value is -3.26. The lowest BCUT2D eigenvalue weighted by Gasteiger charge is -2.36. The molecule has 1 aliphatic heterocycles. The molecule has 0 aliphatic carbocycles. The van der Waals surface area contributed by atoms with Crippen molar-refractivity contribution in [3.8, 4) is 0 Å². The second kappa shape index (κ2) is 7.16. The predicted molar refractivity (Wildman–Crippen MR) is 100 cm³/mol. The SMILES string of the molecule is O=C(Cn1c(=O)[nH]c2ccccc2c1=O)N1CCNCC1c1cccnc1. The van der Waals surface area contributed by atoms with E-state index in [2.05, 4.69) is 15.3 Å². The zero-order chi connectivity index (χ0) is 18.8. The number of carbonyl (C=O) groups excluding carboxylic acids is 1. The highest BCUT2D eigenvalue weighted by molar-refractivity contribution is 5.79. The molecule has 8 nitrogen and oxygen atoms in total. The molecule has 0 saturated carbocycles. The number of amides is 1. The lowest BCUT2D eigenvalue weighted by molar-refractivity contribution is -0.135. The Labute approximate surface area is 154 Å². The van der Waals surface area contributed by atoms with Crippen molar-refractivity contribution in [1.82, 2.24) is 24.8 Å². The molecule has 0 radical (unpaired) electrons. The number of nitrogens with zero attached hydrogens (tertiary/aromatic N) is 3. The minimum absolute atomic E-state index is 0.185. The van der Waals surface area contributed by atoms with Crippen LogP contribution in [0.4, 0.5) is 0 Å². The van der Waals surface area contributed by atoms with Crippen LogP contribution in [0.15, 0.2) is 58.4 Å². The van der Waals surface area contributed by atoms with Crippen LogP contribution in [0.25, 0.3) is 10.9 Å². The van der Waals surface area contributed by atoms with Gasteiger partial charge in [0.2, 0.25) is 5.91 Å². The van der Waals surface area contributed by atoms with E-state index in [9.17, 15) is 14.4 Å². The first-order valence-electron chi connectivity index (χ1n) is 8.77. The number of para-hydroxylation sites is 1. The van der Waals surface area contributed by atoms with Gasteiger partial charge >= 0.3 is 5.69 Å². The van der Waals surface area contributed by atoms with Crippen LogP contribution in [-0.4, -0.2) is 45.0 Å². The van der Waals surface area contributed by atoms with E-state index in [0.717, 1.165) is 10.1 Å². The van der Waals surface area contributed by atoms with Crippen molar-refractivity contribution < 1.29 is 4.79 Å². The van der Waals surface area contributed by atoms with Gasteiger partial charge in [0.05, 0.1) is 16.9 Å². The van der Waals surface area contributed by atoms with Crippen molar-refractivity contribution in [2.24, 2.45) is 0 Å². The molecule has 1 unspecified atom stereocenters. The number of benzene rings is 1. The van der Waals surface area contributed by atoms with E-state index in [1.54, 1.807) is 41.6 Å². The van der Waals surface area contributed by atoms with E-state index in [1.165, 1.54) is 0 Å². The monoisotopic (exact) mass is 365 g/mol. The standard InChI is InChI=1S/C19H19N5O3/c25-17(23-9-8-21-11-16(23)13-4-3-7-20-10-13)12-24-18(26)14-5-1-2-6-15(14)22-19(24)27/h1-7,10,16,21H,8-9,11-12H2,(H,22,27). The molecule has 27 heavy (non-hydrogen) atoms. The average Bonchev–Trinajstić information content (AvgIpc) is 2.71. The molecular weight excluding hydrogens is 346 g/mol. The molecule has 1 aromatic carbocycles. The zero-order valence-corrected chi connectivity index (χ0v) is 14.6. The highest BCUT2D eigenvalue weighted by Gasteiger charge is 2.28. The zero-order valence-electron chi connectivity index (χ0n) is 14.6. The predicted octanol–water partition coefficient (Wildman–Crippen LogP) is 0.258. The van der Waals surface area contributed by atoms with Crippen molar-refractivity contribution in [3.05, 3.63) is 75.2 Å². The Morgan fingerprint density at radius 2 is 2.04 bits per heavy atom. The maximum Gasteiger partial charge on any atom is 0.329 e. The van der Waals surface area contributed by atoms with Crippen molar-refractivity contribution in [2.75, 3.05) is 19.6 Å². The number of hydrogen-bond acceptors (Lipinski definition) is 5. The summed E-state index contributed by atoms with van der Waals surface area (Å²) in [5.41, 5.74) is 0.334. The smallest absolute Gasteiger partial charge is 0.329 e. The van der Waals surface area contributed by atoms with Crippen LogP contribution < -0.4 is 16.6 Å². The second-order valence-corrected chi connectivity index (χ2v) is 6.46. The van der Waals surface area contributed by atoms with E-state index in [0.29, 0.717) is 30.5 Å². The Morgan fingerprint density at radius 3 is 2.85 bits per heavy atom. The van der Waals surface area contributed by atoms with Crippen LogP contribution in [-0.2, 0) is 11.3 Å². The van der Waals surface area contributed by atoms with Gasteiger partial charge in [-0.2, -0.15) is 0 Å². The van der Waals surface area contributed by atoms with Crippen molar-refractivity contribution in [3.63, 3.8) is 0 Å². The summed E-state index contributed by atoms with van der Waals surface area (Å²) < 4.78 is 0.965. The second-order valence-electron chi connectivity index (χ2n) is 6.46. The number of nitrogens with one attached hydrogen (secondary N) is 2. The number of fused-ring (bicyclic) bond motifs is 1. The number of aromatic nitrogens is 3. The molecule has 0 spiro atoms. The maximum atomic E-state index is 13.0. The maximum absolute atomic E-state index is 13.0. The summed E-state index contributed by atoms with van der Waals surface area (Å²) in [6.45, 7) is 1.46. The molecule has 1 saturated heterocycles. The van der Waals surface area contributed by atoms with Gasteiger partial charge < -0.3 is 15.2 Å². The van der Waals surface area contributed by atoms with Crippen LogP contribution in [0.5, 0.6) is 0 Å². The quantitative estimate of drug-likeness (QED) is 0.693. The van der Waals surface area contributed by atoms with Crippen LogP contribution in [0, 0.1) is 0 Å². The minimum atomic E-state index is -0.583. The Morgan fingerprint density at radius 1 is 1.19 bits per heavy atom. The number of aromatic amines is 1. The third-order valence-corrected chi connectivity index (χ3v) is 4.82. The first-order chi connectivity index (χ1) is 13.1. The Bertz CT molecular complexity index is 1090. The van der Waals surface area contributed by atoms with Crippen molar-refractivity contribution >= 4 is 16.8 Å². The highest BCUT2D eigenvalue weighted by atomic mass is 16.2. The summed E-state index contributed by atoms with van der Waals surface area (Å²) in [7, 11) is 0. The summed E-state index contributed by atoms with van der Waals surface area (Å²) in [6.07, 6.45) is 3.41. The number of rotatable bonds is 3. The largest absolute Gasteiger partial charge is 0.331 e. The molecule has 8 heteroatoms. The number of piperazine rings is 1. The molecule has 1 fully saturated rings. The Kier molecular flexibility index (Phi) is 4.55. The first-order valence-corrected chi connectivity index (χ1v) is 8.77. The van der Waals surface area contributed by atoms with Gasteiger partial charge in [0.25, 0.3) is 5.56 Å². The topological polar surface area (TPSA) is 100 Å². The molecule has 3 aromatic rings. The van der Waals surface area contributed by atoms with E-state index in [4.69, 9.17) is 0 Å². The third-order valence-electron chi connectivity index (χ3n) is 4.82. The van der Waals surface area contributed by atoms with Crippen molar-refractivity contribution in [2.45, 2.75) is 12.6 Å². The van der Waals surface area contributed by atoms with Gasteiger partial charge in [0, 0.05) is 32.0 Å². The van der Waals surface area contributed by atoms with Gasteiger partial charge in [-0.25, -0.2) is 4.79 Å². The van der Waals surface area contributed by atoms with Crippen LogP contribution in [0.3, 0.4) is 0 Å². The lowest BCUT2D eigenvalue weighted by Crippen LogP contribution is -2.51. The van der Waals surface area contributed by atoms with Gasteiger partial charge in [-0.05, 0) is 23.8 Å². The molecule has 1 aliphatic rings. The summed E-state index contributed by atoms with van der Waals surface area (Å²) in [6, 6.07) is 10.3. The third kappa shape index (κ3) is 3.26. The molecule has 1 amide bonds. The summed E-state index contributed by atoms with van der Waals surface area (Å²) in [5, 5.41) is 3.65. The molecular formula is C19H19N5O3. The van der Waals surface area contributed by atoms with Gasteiger partial charge in [0.1, 0.15) is 6.54 Å². The van der Waals surface area contributed by atoms with Crippen LogP contribution in [0.2, 0.25) is 0 Å². The number of carbonyl (C=O) groups is 1. The van der Waals surface area contributed by atoms with Crippen molar-refractivity contribution in [1.29, 1.82) is 0 Å². The molecule has 0 bridgehead atoms. The number of hydrogen-bond donors (Lipinski definition) is 2. The molecule has 3 heterocycles. The highest BCUT2D eigenvalue weighted by Crippen LogP contribution is 2.21. The minimum Gasteiger partial charge on any atom is -0.331 e. The molecule has 138 valence electrons. The fourth-order valence-corrected chi connectivity index (χ4v) is 3.44. The van der Waals surface area contributed by atoms with E-state index < -0.39 is 11.2 Å². The van der Waals surface area contributed by atoms with E-state index in [-0.39, 0.29) is 18.5 Å². The van der Waals surface area contributed by atoms with Gasteiger partial charge in [-0.15, -0.1) is 0 Å². The first kappa shape index (κ1) is 17.2. The lowest BCUT2D eigenvalue weighted by atomic mass is 10.1. The summed E-state index contributed by atoms with van der Waals surface area (Å²) in [4.78, 5) is 46.5. The van der Waals surface area contributed by atoms with Gasteiger partial charge in [-0.1, -0.05) is 18.2 Å². The molecule has 1 atom stereocenters. The van der Waals surface area contributed by atoms with E-state index in [1.807, 2.05) is 12.1 Å². The van der Waals surface area contributed by atoms with E-state index >= 15 is 0 Å². The van der Waals surface area contributed by atoms with Crippen LogP contribution in [0.1, 0.15) is 11.6 Å². The molecule has 4 rings (SSSR count). The fourth-order valence-electron chi connectivity index (χ4n) is 3.44. The summed E-state index contributed by atoms with van der Waals surface area (Å²) in [5.74, 6) is -0.270.